The van der Waals surface area contributed by atoms with Crippen LogP contribution in [-0.2, 0) is 6.42 Å². The fourth-order valence-electron chi connectivity index (χ4n) is 1.52. The van der Waals surface area contributed by atoms with E-state index in [0.717, 1.165) is 17.9 Å². The van der Waals surface area contributed by atoms with E-state index in [1.165, 1.54) is 12.8 Å². The average Bonchev–Trinajstić information content (AvgIpc) is 2.72. The summed E-state index contributed by atoms with van der Waals surface area (Å²) in [4.78, 5) is 0. The van der Waals surface area contributed by atoms with Crippen LogP contribution >= 0.6 is 0 Å². The normalized spacial score (nSPS) is 17.8. The molecular weight excluding hydrogens is 162 g/mol. The Morgan fingerprint density at radius 2 is 2.15 bits per heavy atom. The summed E-state index contributed by atoms with van der Waals surface area (Å²) in [6.45, 7) is 6.66. The summed E-state index contributed by atoms with van der Waals surface area (Å²) < 4.78 is 5.28. The molecule has 2 nitrogen and oxygen atoms in total. The maximum Gasteiger partial charge on any atom is 0.140 e. The van der Waals surface area contributed by atoms with E-state index in [0.29, 0.717) is 11.3 Å². The van der Waals surface area contributed by atoms with Crippen LogP contribution in [0, 0.1) is 5.41 Å². The van der Waals surface area contributed by atoms with Gasteiger partial charge in [0.2, 0.25) is 0 Å². The predicted molar refractivity (Wildman–Crippen MR) is 51.6 cm³/mol. The minimum atomic E-state index is 0.303. The average molecular weight is 179 g/mol. The topological polar surface area (TPSA) is 26.0 Å². The van der Waals surface area contributed by atoms with Gasteiger partial charge >= 0.3 is 0 Å². The molecule has 1 saturated carbocycles. The van der Waals surface area contributed by atoms with Crippen LogP contribution in [0.5, 0.6) is 0 Å². The first-order chi connectivity index (χ1) is 6.04. The molecule has 1 aliphatic rings. The Balaban J connectivity index is 2.04. The number of hydrogen-bond acceptors (Lipinski definition) is 2. The van der Waals surface area contributed by atoms with Crippen molar-refractivity contribution >= 4 is 0 Å². The molecule has 0 radical (unpaired) electrons. The first kappa shape index (κ1) is 8.79. The Kier molecular flexibility index (Phi) is 1.94. The zero-order valence-corrected chi connectivity index (χ0v) is 8.63. The number of rotatable bonds is 2. The highest BCUT2D eigenvalue weighted by atomic mass is 16.5. The highest BCUT2D eigenvalue weighted by Gasteiger charge is 2.28. The van der Waals surface area contributed by atoms with Crippen LogP contribution in [0.1, 0.15) is 51.0 Å². The molecule has 0 aromatic carbocycles. The number of aromatic nitrogens is 1. The lowest BCUT2D eigenvalue weighted by Crippen LogP contribution is -2.09. The van der Waals surface area contributed by atoms with E-state index >= 15 is 0 Å². The molecule has 0 bridgehead atoms. The lowest BCUT2D eigenvalue weighted by Gasteiger charge is -2.14. The maximum absolute atomic E-state index is 5.28. The molecule has 0 atom stereocenters. The van der Waals surface area contributed by atoms with Crippen molar-refractivity contribution in [3.63, 3.8) is 0 Å². The molecule has 1 fully saturated rings. The van der Waals surface area contributed by atoms with E-state index in [9.17, 15) is 0 Å². The van der Waals surface area contributed by atoms with E-state index in [1.54, 1.807) is 0 Å². The van der Waals surface area contributed by atoms with Crippen molar-refractivity contribution in [1.29, 1.82) is 0 Å². The van der Waals surface area contributed by atoms with Crippen molar-refractivity contribution in [2.24, 2.45) is 5.41 Å². The lowest BCUT2D eigenvalue weighted by atomic mass is 9.90. The van der Waals surface area contributed by atoms with E-state index in [-0.39, 0.29) is 0 Å². The van der Waals surface area contributed by atoms with Crippen LogP contribution in [0.3, 0.4) is 0 Å². The Morgan fingerprint density at radius 1 is 1.46 bits per heavy atom. The minimum Gasteiger partial charge on any atom is -0.361 e. The highest BCUT2D eigenvalue weighted by Crippen LogP contribution is 2.40. The Morgan fingerprint density at radius 3 is 2.69 bits per heavy atom. The van der Waals surface area contributed by atoms with E-state index in [1.807, 2.05) is 0 Å². The number of hydrogen-bond donors (Lipinski definition) is 0. The zero-order valence-electron chi connectivity index (χ0n) is 8.63. The smallest absolute Gasteiger partial charge is 0.140 e. The molecule has 2 rings (SSSR count). The third-order valence-electron chi connectivity index (χ3n) is 2.27. The monoisotopic (exact) mass is 179 g/mol. The first-order valence-electron chi connectivity index (χ1n) is 5.00. The molecule has 72 valence electrons. The fourth-order valence-corrected chi connectivity index (χ4v) is 1.52. The second kappa shape index (κ2) is 2.86. The minimum absolute atomic E-state index is 0.303. The van der Waals surface area contributed by atoms with Crippen molar-refractivity contribution in [2.45, 2.75) is 46.0 Å². The molecule has 2 heteroatoms. The molecule has 0 aliphatic heterocycles. The van der Waals surface area contributed by atoms with Crippen molar-refractivity contribution in [1.82, 2.24) is 5.16 Å². The highest BCUT2D eigenvalue weighted by molar-refractivity contribution is 5.15. The van der Waals surface area contributed by atoms with Crippen molar-refractivity contribution in [3.05, 3.63) is 17.5 Å². The molecule has 0 unspecified atom stereocenters. The summed E-state index contributed by atoms with van der Waals surface area (Å²) in [6, 6.07) is 2.13. The van der Waals surface area contributed by atoms with E-state index in [4.69, 9.17) is 4.52 Å². The summed E-state index contributed by atoms with van der Waals surface area (Å²) in [5, 5.41) is 4.09. The maximum atomic E-state index is 5.28. The van der Waals surface area contributed by atoms with Gasteiger partial charge < -0.3 is 4.52 Å². The fraction of sp³-hybridized carbons (Fsp3) is 0.727. The van der Waals surface area contributed by atoms with Crippen LogP contribution < -0.4 is 0 Å². The summed E-state index contributed by atoms with van der Waals surface area (Å²) in [5.41, 5.74) is 1.41. The van der Waals surface area contributed by atoms with Gasteiger partial charge in [0, 0.05) is 12.0 Å². The van der Waals surface area contributed by atoms with E-state index < -0.39 is 0 Å². The van der Waals surface area contributed by atoms with Crippen molar-refractivity contribution < 1.29 is 4.52 Å². The van der Waals surface area contributed by atoms with Crippen molar-refractivity contribution in [2.75, 3.05) is 0 Å². The zero-order chi connectivity index (χ0) is 9.47. The van der Waals surface area contributed by atoms with Gasteiger partial charge in [0.1, 0.15) is 5.76 Å². The Bertz CT molecular complexity index is 291. The Labute approximate surface area is 79.3 Å². The van der Waals surface area contributed by atoms with Gasteiger partial charge in [-0.3, -0.25) is 0 Å². The summed E-state index contributed by atoms with van der Waals surface area (Å²) in [5.74, 6) is 1.78. The van der Waals surface area contributed by atoms with Crippen LogP contribution in [-0.4, -0.2) is 5.16 Å². The summed E-state index contributed by atoms with van der Waals surface area (Å²) in [7, 11) is 0. The third-order valence-corrected chi connectivity index (χ3v) is 2.27. The van der Waals surface area contributed by atoms with Gasteiger partial charge in [-0.05, 0) is 24.7 Å². The molecule has 0 N–H and O–H groups in total. The molecule has 1 aliphatic carbocycles. The van der Waals surface area contributed by atoms with Crippen molar-refractivity contribution in [3.8, 4) is 0 Å². The molecule has 0 saturated heterocycles. The van der Waals surface area contributed by atoms with Gasteiger partial charge in [0.15, 0.2) is 0 Å². The van der Waals surface area contributed by atoms with Gasteiger partial charge in [0.05, 0.1) is 5.69 Å². The Hall–Kier alpha value is -0.790. The molecular formula is C11H17NO. The standard InChI is InChI=1S/C11H17NO/c1-11(2,3)7-9-6-10(13-12-9)8-4-5-8/h6,8H,4-5,7H2,1-3H3. The van der Waals surface area contributed by atoms with Crippen LogP contribution in [0.4, 0.5) is 0 Å². The van der Waals surface area contributed by atoms with Gasteiger partial charge in [-0.15, -0.1) is 0 Å². The van der Waals surface area contributed by atoms with Crippen LogP contribution in [0.15, 0.2) is 10.6 Å². The molecule has 0 spiro atoms. The van der Waals surface area contributed by atoms with Gasteiger partial charge in [-0.25, -0.2) is 0 Å². The van der Waals surface area contributed by atoms with Crippen LogP contribution in [0.25, 0.3) is 0 Å². The molecule has 0 amide bonds. The largest absolute Gasteiger partial charge is 0.361 e. The molecule has 1 aromatic rings. The number of nitrogens with zero attached hydrogens (tertiary/aromatic N) is 1. The second-order valence-electron chi connectivity index (χ2n) is 5.23. The quantitative estimate of drug-likeness (QED) is 0.697. The first-order valence-corrected chi connectivity index (χ1v) is 5.00. The summed E-state index contributed by atoms with van der Waals surface area (Å²) in [6.07, 6.45) is 3.57. The van der Waals surface area contributed by atoms with Gasteiger partial charge in [-0.1, -0.05) is 25.9 Å². The lowest BCUT2D eigenvalue weighted by molar-refractivity contribution is 0.355. The molecule has 13 heavy (non-hydrogen) atoms. The van der Waals surface area contributed by atoms with E-state index in [2.05, 4.69) is 32.0 Å². The van der Waals surface area contributed by atoms with Gasteiger partial charge in [-0.2, -0.15) is 0 Å². The summed E-state index contributed by atoms with van der Waals surface area (Å²) >= 11 is 0. The second-order valence-corrected chi connectivity index (χ2v) is 5.23. The van der Waals surface area contributed by atoms with Gasteiger partial charge in [0.25, 0.3) is 0 Å². The molecule has 1 aromatic heterocycles. The third kappa shape index (κ3) is 2.33. The predicted octanol–water partition coefficient (Wildman–Crippen LogP) is 3.14. The SMILES string of the molecule is CC(C)(C)Cc1cc(C2CC2)on1. The molecule has 1 heterocycles. The van der Waals surface area contributed by atoms with Crippen LogP contribution in [0.2, 0.25) is 0 Å².